The highest BCUT2D eigenvalue weighted by Gasteiger charge is 2.21. The van der Waals surface area contributed by atoms with Gasteiger partial charge in [-0.15, -0.1) is 0 Å². The number of carboxylic acid groups (broad SMARTS) is 1. The monoisotopic (exact) mass is 227 g/mol. The van der Waals surface area contributed by atoms with Gasteiger partial charge in [0.05, 0.1) is 10.7 Å². The summed E-state index contributed by atoms with van der Waals surface area (Å²) < 4.78 is 0. The number of hydrogen-bond acceptors (Lipinski definition) is 2. The summed E-state index contributed by atoms with van der Waals surface area (Å²) in [5.74, 6) is -0.872. The predicted octanol–water partition coefficient (Wildman–Crippen LogP) is 2.86. The number of nitrogens with one attached hydrogen (secondary N) is 1. The van der Waals surface area contributed by atoms with Gasteiger partial charge in [-0.05, 0) is 18.1 Å². The molecular formula is C11H14ClNO2. The van der Waals surface area contributed by atoms with Crippen molar-refractivity contribution < 1.29 is 9.90 Å². The van der Waals surface area contributed by atoms with Gasteiger partial charge in [-0.3, -0.25) is 0 Å². The lowest BCUT2D eigenvalue weighted by Crippen LogP contribution is -2.34. The fourth-order valence-electron chi connectivity index (χ4n) is 1.26. The van der Waals surface area contributed by atoms with Gasteiger partial charge in [0.2, 0.25) is 0 Å². The Labute approximate surface area is 94.1 Å². The zero-order chi connectivity index (χ0) is 11.4. The number of benzene rings is 1. The quantitative estimate of drug-likeness (QED) is 0.832. The van der Waals surface area contributed by atoms with Crippen LogP contribution in [-0.4, -0.2) is 17.1 Å². The van der Waals surface area contributed by atoms with Crippen molar-refractivity contribution in [3.8, 4) is 0 Å². The second kappa shape index (κ2) is 5.03. The Bertz CT molecular complexity index is 352. The van der Waals surface area contributed by atoms with Crippen molar-refractivity contribution in [3.63, 3.8) is 0 Å². The zero-order valence-corrected chi connectivity index (χ0v) is 9.45. The van der Waals surface area contributed by atoms with Gasteiger partial charge in [-0.1, -0.05) is 37.6 Å². The number of carboxylic acids is 1. The third-order valence-electron chi connectivity index (χ3n) is 2.12. The van der Waals surface area contributed by atoms with E-state index in [9.17, 15) is 4.79 Å². The number of rotatable bonds is 4. The normalized spacial score (nSPS) is 12.5. The molecule has 15 heavy (non-hydrogen) atoms. The van der Waals surface area contributed by atoms with Crippen molar-refractivity contribution in [1.82, 2.24) is 0 Å². The molecule has 0 aliphatic carbocycles. The molecule has 3 nitrogen and oxygen atoms in total. The predicted molar refractivity (Wildman–Crippen MR) is 61.3 cm³/mol. The van der Waals surface area contributed by atoms with Gasteiger partial charge in [0.25, 0.3) is 0 Å². The first kappa shape index (κ1) is 11.9. The van der Waals surface area contributed by atoms with E-state index in [4.69, 9.17) is 16.7 Å². The molecule has 1 unspecified atom stereocenters. The van der Waals surface area contributed by atoms with Crippen LogP contribution >= 0.6 is 11.6 Å². The summed E-state index contributed by atoms with van der Waals surface area (Å²) in [4.78, 5) is 11.0. The minimum atomic E-state index is -0.870. The van der Waals surface area contributed by atoms with Crippen LogP contribution in [0.4, 0.5) is 5.69 Å². The van der Waals surface area contributed by atoms with E-state index >= 15 is 0 Å². The molecular weight excluding hydrogens is 214 g/mol. The van der Waals surface area contributed by atoms with Crippen molar-refractivity contribution in [2.45, 2.75) is 19.9 Å². The standard InChI is InChI=1S/C11H14ClNO2/c1-7(2)10(11(14)15)13-9-6-4-3-5-8(9)12/h3-7,10,13H,1-2H3,(H,14,15). The van der Waals surface area contributed by atoms with Gasteiger partial charge in [-0.2, -0.15) is 0 Å². The van der Waals surface area contributed by atoms with E-state index < -0.39 is 12.0 Å². The first-order chi connectivity index (χ1) is 7.02. The Kier molecular flexibility index (Phi) is 3.97. The molecule has 0 spiro atoms. The van der Waals surface area contributed by atoms with Gasteiger partial charge < -0.3 is 10.4 Å². The first-order valence-electron chi connectivity index (χ1n) is 4.76. The fourth-order valence-corrected chi connectivity index (χ4v) is 1.45. The lowest BCUT2D eigenvalue weighted by Gasteiger charge is -2.19. The SMILES string of the molecule is CC(C)C(Nc1ccccc1Cl)C(=O)O. The van der Waals surface area contributed by atoms with Crippen molar-refractivity contribution in [1.29, 1.82) is 0 Å². The lowest BCUT2D eigenvalue weighted by atomic mass is 10.0. The highest BCUT2D eigenvalue weighted by Crippen LogP contribution is 2.22. The molecule has 0 heterocycles. The third kappa shape index (κ3) is 3.13. The molecule has 0 aliphatic rings. The summed E-state index contributed by atoms with van der Waals surface area (Å²) in [6, 6.07) is 6.49. The van der Waals surface area contributed by atoms with Crippen LogP contribution in [0.3, 0.4) is 0 Å². The molecule has 0 aliphatic heterocycles. The van der Waals surface area contributed by atoms with Gasteiger partial charge in [0, 0.05) is 0 Å². The molecule has 1 aromatic rings. The summed E-state index contributed by atoms with van der Waals surface area (Å²) in [5.41, 5.74) is 0.653. The van der Waals surface area contributed by atoms with Gasteiger partial charge in [0.1, 0.15) is 6.04 Å². The molecule has 1 atom stereocenters. The van der Waals surface area contributed by atoms with E-state index in [1.54, 1.807) is 18.2 Å². The van der Waals surface area contributed by atoms with Crippen LogP contribution < -0.4 is 5.32 Å². The maximum atomic E-state index is 11.0. The summed E-state index contributed by atoms with van der Waals surface area (Å²) in [7, 11) is 0. The Morgan fingerprint density at radius 3 is 2.47 bits per heavy atom. The highest BCUT2D eigenvalue weighted by atomic mass is 35.5. The van der Waals surface area contributed by atoms with Crippen molar-refractivity contribution >= 4 is 23.3 Å². The molecule has 0 saturated heterocycles. The van der Waals surface area contributed by atoms with Gasteiger partial charge >= 0.3 is 5.97 Å². The molecule has 4 heteroatoms. The van der Waals surface area contributed by atoms with Crippen molar-refractivity contribution in [2.75, 3.05) is 5.32 Å². The third-order valence-corrected chi connectivity index (χ3v) is 2.45. The highest BCUT2D eigenvalue weighted by molar-refractivity contribution is 6.33. The van der Waals surface area contributed by atoms with Gasteiger partial charge in [0.15, 0.2) is 0 Å². The van der Waals surface area contributed by atoms with E-state index in [0.717, 1.165) is 0 Å². The van der Waals surface area contributed by atoms with Crippen molar-refractivity contribution in [3.05, 3.63) is 29.3 Å². The zero-order valence-electron chi connectivity index (χ0n) is 8.70. The van der Waals surface area contributed by atoms with E-state index in [0.29, 0.717) is 10.7 Å². The second-order valence-electron chi connectivity index (χ2n) is 3.68. The number of carbonyl (C=O) groups is 1. The Balaban J connectivity index is 2.84. The summed E-state index contributed by atoms with van der Waals surface area (Å²) in [6.07, 6.45) is 0. The molecule has 2 N–H and O–H groups in total. The maximum Gasteiger partial charge on any atom is 0.326 e. The molecule has 0 aromatic heterocycles. The van der Waals surface area contributed by atoms with Crippen LogP contribution in [0.2, 0.25) is 5.02 Å². The van der Waals surface area contributed by atoms with Crippen molar-refractivity contribution in [2.24, 2.45) is 5.92 Å². The molecule has 1 rings (SSSR count). The Morgan fingerprint density at radius 1 is 1.40 bits per heavy atom. The van der Waals surface area contributed by atoms with Crippen LogP contribution in [-0.2, 0) is 4.79 Å². The number of halogens is 1. The number of hydrogen-bond donors (Lipinski definition) is 2. The molecule has 0 amide bonds. The second-order valence-corrected chi connectivity index (χ2v) is 4.09. The van der Waals surface area contributed by atoms with Crippen LogP contribution in [0.1, 0.15) is 13.8 Å². The number of aliphatic carboxylic acids is 1. The number of para-hydroxylation sites is 1. The maximum absolute atomic E-state index is 11.0. The molecule has 0 fully saturated rings. The first-order valence-corrected chi connectivity index (χ1v) is 5.14. The van der Waals surface area contributed by atoms with Crippen LogP contribution in [0.25, 0.3) is 0 Å². The Morgan fingerprint density at radius 2 is 2.00 bits per heavy atom. The Hall–Kier alpha value is -1.22. The average Bonchev–Trinajstić information content (AvgIpc) is 2.15. The van der Waals surface area contributed by atoms with Crippen LogP contribution in [0.5, 0.6) is 0 Å². The minimum Gasteiger partial charge on any atom is -0.480 e. The topological polar surface area (TPSA) is 49.3 Å². The summed E-state index contributed by atoms with van der Waals surface area (Å²) >= 11 is 5.92. The molecule has 0 saturated carbocycles. The molecule has 0 radical (unpaired) electrons. The smallest absolute Gasteiger partial charge is 0.326 e. The van der Waals surface area contributed by atoms with E-state index in [1.165, 1.54) is 0 Å². The minimum absolute atomic E-state index is 0.00114. The molecule has 0 bridgehead atoms. The van der Waals surface area contributed by atoms with E-state index in [1.807, 2.05) is 19.9 Å². The molecule has 82 valence electrons. The van der Waals surface area contributed by atoms with Crippen LogP contribution in [0, 0.1) is 5.92 Å². The average molecular weight is 228 g/mol. The lowest BCUT2D eigenvalue weighted by molar-refractivity contribution is -0.138. The largest absolute Gasteiger partial charge is 0.480 e. The van der Waals surface area contributed by atoms with E-state index in [2.05, 4.69) is 5.32 Å². The van der Waals surface area contributed by atoms with E-state index in [-0.39, 0.29) is 5.92 Å². The summed E-state index contributed by atoms with van der Waals surface area (Å²) in [6.45, 7) is 3.70. The van der Waals surface area contributed by atoms with Crippen LogP contribution in [0.15, 0.2) is 24.3 Å². The van der Waals surface area contributed by atoms with Gasteiger partial charge in [-0.25, -0.2) is 4.79 Å². The fraction of sp³-hybridized carbons (Fsp3) is 0.364. The molecule has 1 aromatic carbocycles. The number of anilines is 1. The summed E-state index contributed by atoms with van der Waals surface area (Å²) in [5, 5.41) is 12.4.